The third-order valence-corrected chi connectivity index (χ3v) is 5.59. The molecule has 3 nitrogen and oxygen atoms in total. The lowest BCUT2D eigenvalue weighted by Crippen LogP contribution is -2.52. The van der Waals surface area contributed by atoms with Gasteiger partial charge in [0, 0.05) is 6.04 Å². The van der Waals surface area contributed by atoms with Gasteiger partial charge in [0.25, 0.3) is 0 Å². The van der Waals surface area contributed by atoms with Gasteiger partial charge in [-0.15, -0.1) is 0 Å². The fraction of sp³-hybridized carbons (Fsp3) is 0.571. The Morgan fingerprint density at radius 2 is 1.96 bits per heavy atom. The van der Waals surface area contributed by atoms with Gasteiger partial charge >= 0.3 is 6.09 Å². The highest BCUT2D eigenvalue weighted by atomic mass is 16.6. The molecular weight excluding hydrogens is 298 g/mol. The molecule has 1 aromatic carbocycles. The normalized spacial score (nSPS) is 23.1. The lowest BCUT2D eigenvalue weighted by Gasteiger charge is -2.45. The van der Waals surface area contributed by atoms with Crippen molar-refractivity contribution < 1.29 is 9.53 Å². The Labute approximate surface area is 145 Å². The maximum atomic E-state index is 12.7. The van der Waals surface area contributed by atoms with E-state index in [4.69, 9.17) is 4.74 Å². The zero-order chi connectivity index (χ0) is 16.9. The van der Waals surface area contributed by atoms with E-state index in [2.05, 4.69) is 19.9 Å². The SMILES string of the molecule is CCC(CC)C1=CC2CCCC(C1)N2C(=O)OCc1ccccc1. The monoisotopic (exact) mass is 327 g/mol. The number of carbonyl (C=O) groups excluding carboxylic acids is 1. The van der Waals surface area contributed by atoms with E-state index in [-0.39, 0.29) is 12.1 Å². The Bertz CT molecular complexity index is 577. The van der Waals surface area contributed by atoms with E-state index < -0.39 is 0 Å². The Kier molecular flexibility index (Phi) is 5.60. The van der Waals surface area contributed by atoms with E-state index >= 15 is 0 Å². The average Bonchev–Trinajstić information content (AvgIpc) is 2.61. The molecule has 2 unspecified atom stereocenters. The number of hydrogen-bond donors (Lipinski definition) is 0. The highest BCUT2D eigenvalue weighted by Gasteiger charge is 2.38. The summed E-state index contributed by atoms with van der Waals surface area (Å²) in [4.78, 5) is 14.7. The van der Waals surface area contributed by atoms with Crippen molar-refractivity contribution in [1.29, 1.82) is 0 Å². The summed E-state index contributed by atoms with van der Waals surface area (Å²) in [7, 11) is 0. The molecular formula is C21H29NO2. The van der Waals surface area contributed by atoms with E-state index in [9.17, 15) is 4.79 Å². The van der Waals surface area contributed by atoms with Gasteiger partial charge in [-0.2, -0.15) is 0 Å². The third kappa shape index (κ3) is 3.66. The van der Waals surface area contributed by atoms with Crippen LogP contribution in [0.1, 0.15) is 57.9 Å². The number of amides is 1. The van der Waals surface area contributed by atoms with Crippen molar-refractivity contribution >= 4 is 6.09 Å². The van der Waals surface area contributed by atoms with Crippen molar-refractivity contribution in [2.24, 2.45) is 5.92 Å². The first-order valence-electron chi connectivity index (χ1n) is 9.42. The minimum Gasteiger partial charge on any atom is -0.445 e. The second kappa shape index (κ2) is 7.87. The average molecular weight is 327 g/mol. The van der Waals surface area contributed by atoms with Crippen LogP contribution in [0.25, 0.3) is 0 Å². The van der Waals surface area contributed by atoms with E-state index in [1.807, 2.05) is 35.2 Å². The van der Waals surface area contributed by atoms with Crippen LogP contribution in [0.5, 0.6) is 0 Å². The molecule has 0 N–H and O–H groups in total. The molecule has 2 heterocycles. The Morgan fingerprint density at radius 1 is 1.21 bits per heavy atom. The Hall–Kier alpha value is -1.77. The molecule has 1 fully saturated rings. The van der Waals surface area contributed by atoms with Gasteiger partial charge in [0.15, 0.2) is 0 Å². The lowest BCUT2D eigenvalue weighted by molar-refractivity contribution is 0.0469. The highest BCUT2D eigenvalue weighted by Crippen LogP contribution is 2.37. The van der Waals surface area contributed by atoms with Gasteiger partial charge in [-0.25, -0.2) is 4.79 Å². The molecule has 0 radical (unpaired) electrons. The number of benzene rings is 1. The summed E-state index contributed by atoms with van der Waals surface area (Å²) in [6.45, 7) is 4.90. The molecule has 0 aliphatic carbocycles. The first kappa shape index (κ1) is 17.1. The standard InChI is InChI=1S/C21H29NO2/c1-3-17(4-2)18-13-19-11-8-12-20(14-18)22(19)21(23)24-15-16-9-6-5-7-10-16/h5-7,9-10,13,17,19-20H,3-4,8,11-12,14-15H2,1-2H3. The van der Waals surface area contributed by atoms with Crippen molar-refractivity contribution in [3.63, 3.8) is 0 Å². The van der Waals surface area contributed by atoms with Crippen molar-refractivity contribution in [3.05, 3.63) is 47.5 Å². The smallest absolute Gasteiger partial charge is 0.410 e. The summed E-state index contributed by atoms with van der Waals surface area (Å²) in [6, 6.07) is 10.5. The largest absolute Gasteiger partial charge is 0.445 e. The van der Waals surface area contributed by atoms with E-state index in [0.29, 0.717) is 18.6 Å². The molecule has 1 amide bonds. The number of ether oxygens (including phenoxy) is 1. The summed E-state index contributed by atoms with van der Waals surface area (Å²) >= 11 is 0. The predicted octanol–water partition coefficient (Wildman–Crippen LogP) is 5.31. The zero-order valence-corrected chi connectivity index (χ0v) is 14.9. The number of nitrogens with zero attached hydrogens (tertiary/aromatic N) is 1. The molecule has 3 rings (SSSR count). The number of piperidine rings is 1. The molecule has 2 aliphatic heterocycles. The van der Waals surface area contributed by atoms with Gasteiger partial charge in [0.1, 0.15) is 6.61 Å². The topological polar surface area (TPSA) is 29.5 Å². The van der Waals surface area contributed by atoms with Crippen LogP contribution in [0, 0.1) is 5.92 Å². The summed E-state index contributed by atoms with van der Waals surface area (Å²) < 4.78 is 5.61. The number of rotatable bonds is 5. The molecule has 1 aromatic rings. The van der Waals surface area contributed by atoms with Gasteiger partial charge in [-0.05, 0) is 50.0 Å². The maximum absolute atomic E-state index is 12.7. The van der Waals surface area contributed by atoms with Crippen molar-refractivity contribution in [2.75, 3.05) is 0 Å². The van der Waals surface area contributed by atoms with Crippen LogP contribution in [-0.4, -0.2) is 23.1 Å². The minimum absolute atomic E-state index is 0.145. The van der Waals surface area contributed by atoms with Crippen LogP contribution in [0.2, 0.25) is 0 Å². The fourth-order valence-electron chi connectivity index (χ4n) is 4.26. The quantitative estimate of drug-likeness (QED) is 0.686. The van der Waals surface area contributed by atoms with Crippen LogP contribution >= 0.6 is 0 Å². The molecule has 1 saturated heterocycles. The van der Waals surface area contributed by atoms with Crippen LogP contribution in [0.3, 0.4) is 0 Å². The summed E-state index contributed by atoms with van der Waals surface area (Å²) in [5.74, 6) is 0.676. The van der Waals surface area contributed by atoms with E-state index in [1.54, 1.807) is 5.57 Å². The Morgan fingerprint density at radius 3 is 2.62 bits per heavy atom. The van der Waals surface area contributed by atoms with Crippen molar-refractivity contribution in [1.82, 2.24) is 4.90 Å². The van der Waals surface area contributed by atoms with Gasteiger partial charge in [0.05, 0.1) is 6.04 Å². The number of fused-ring (bicyclic) bond motifs is 2. The second-order valence-corrected chi connectivity index (χ2v) is 7.06. The van der Waals surface area contributed by atoms with Gasteiger partial charge in [-0.3, -0.25) is 4.90 Å². The minimum atomic E-state index is -0.145. The fourth-order valence-corrected chi connectivity index (χ4v) is 4.26. The first-order chi connectivity index (χ1) is 11.7. The van der Waals surface area contributed by atoms with Crippen LogP contribution in [-0.2, 0) is 11.3 Å². The van der Waals surface area contributed by atoms with Gasteiger partial charge in [-0.1, -0.05) is 55.8 Å². The third-order valence-electron chi connectivity index (χ3n) is 5.59. The summed E-state index contributed by atoms with van der Waals surface area (Å²) in [6.07, 6.45) is 9.04. The molecule has 2 bridgehead atoms. The first-order valence-corrected chi connectivity index (χ1v) is 9.42. The van der Waals surface area contributed by atoms with Gasteiger partial charge < -0.3 is 4.74 Å². The molecule has 2 atom stereocenters. The van der Waals surface area contributed by atoms with Crippen molar-refractivity contribution in [2.45, 2.75) is 71.1 Å². The Balaban J connectivity index is 1.68. The molecule has 3 heteroatoms. The summed E-state index contributed by atoms with van der Waals surface area (Å²) in [5, 5.41) is 0. The lowest BCUT2D eigenvalue weighted by atomic mass is 9.79. The van der Waals surface area contributed by atoms with Crippen LogP contribution in [0.15, 0.2) is 42.0 Å². The van der Waals surface area contributed by atoms with E-state index in [0.717, 1.165) is 24.8 Å². The maximum Gasteiger partial charge on any atom is 0.410 e. The highest BCUT2D eigenvalue weighted by molar-refractivity contribution is 5.69. The molecule has 0 saturated carbocycles. The molecule has 0 aromatic heterocycles. The zero-order valence-electron chi connectivity index (χ0n) is 14.9. The molecule has 24 heavy (non-hydrogen) atoms. The molecule has 130 valence electrons. The second-order valence-electron chi connectivity index (χ2n) is 7.06. The van der Waals surface area contributed by atoms with Gasteiger partial charge in [0.2, 0.25) is 0 Å². The number of carbonyl (C=O) groups is 1. The predicted molar refractivity (Wildman–Crippen MR) is 96.7 cm³/mol. The summed E-state index contributed by atoms with van der Waals surface area (Å²) in [5.41, 5.74) is 2.61. The molecule has 2 aliphatic rings. The number of hydrogen-bond acceptors (Lipinski definition) is 2. The van der Waals surface area contributed by atoms with Crippen molar-refractivity contribution in [3.8, 4) is 0 Å². The molecule has 0 spiro atoms. The van der Waals surface area contributed by atoms with E-state index in [1.165, 1.54) is 19.3 Å². The van der Waals surface area contributed by atoms with Crippen LogP contribution in [0.4, 0.5) is 4.79 Å². The van der Waals surface area contributed by atoms with Crippen LogP contribution < -0.4 is 0 Å².